The number of carbonyl (C=O) groups is 1. The van der Waals surface area contributed by atoms with Crippen molar-refractivity contribution in [2.75, 3.05) is 0 Å². The zero-order chi connectivity index (χ0) is 16.3. The van der Waals surface area contributed by atoms with E-state index in [1.54, 1.807) is 0 Å². The van der Waals surface area contributed by atoms with Gasteiger partial charge in [-0.05, 0) is 6.42 Å². The molecular formula is C20H42CaO2. The maximum absolute atomic E-state index is 10.4. The Kier molecular flexibility index (Phi) is 25.7. The van der Waals surface area contributed by atoms with Gasteiger partial charge in [-0.2, -0.15) is 0 Å². The molecule has 0 unspecified atom stereocenters. The number of hydrogen-bond donors (Lipinski definition) is 1. The van der Waals surface area contributed by atoms with Crippen LogP contribution in [-0.2, 0) is 4.79 Å². The minimum absolute atomic E-state index is 0. The van der Waals surface area contributed by atoms with Crippen LogP contribution in [0.15, 0.2) is 0 Å². The van der Waals surface area contributed by atoms with Crippen molar-refractivity contribution in [3.63, 3.8) is 0 Å². The van der Waals surface area contributed by atoms with Crippen LogP contribution in [0.5, 0.6) is 0 Å². The molecule has 0 aromatic carbocycles. The van der Waals surface area contributed by atoms with Crippen molar-refractivity contribution in [1.29, 1.82) is 0 Å². The van der Waals surface area contributed by atoms with Crippen LogP contribution in [0.25, 0.3) is 0 Å². The molecule has 0 aliphatic rings. The van der Waals surface area contributed by atoms with E-state index in [0.29, 0.717) is 6.42 Å². The maximum Gasteiger partial charge on any atom is 2.00 e. The van der Waals surface area contributed by atoms with Crippen LogP contribution in [0, 0.1) is 0 Å². The first-order chi connectivity index (χ1) is 10.8. The third-order valence-electron chi connectivity index (χ3n) is 4.49. The molecule has 0 radical (unpaired) electrons. The van der Waals surface area contributed by atoms with Crippen LogP contribution in [-0.4, -0.2) is 48.8 Å². The smallest absolute Gasteiger partial charge is 1.00 e. The maximum atomic E-state index is 10.4. The Morgan fingerprint density at radius 2 is 0.870 bits per heavy atom. The molecule has 0 saturated carbocycles. The van der Waals surface area contributed by atoms with Gasteiger partial charge in [0.2, 0.25) is 0 Å². The number of carboxylic acids is 1. The van der Waals surface area contributed by atoms with Crippen LogP contribution >= 0.6 is 0 Å². The summed E-state index contributed by atoms with van der Waals surface area (Å²) in [5.41, 5.74) is 0. The van der Waals surface area contributed by atoms with E-state index >= 15 is 0 Å². The van der Waals surface area contributed by atoms with E-state index in [2.05, 4.69) is 6.92 Å². The van der Waals surface area contributed by atoms with E-state index in [9.17, 15) is 4.79 Å². The summed E-state index contributed by atoms with van der Waals surface area (Å²) >= 11 is 0. The van der Waals surface area contributed by atoms with Gasteiger partial charge in [0, 0.05) is 6.42 Å². The predicted molar refractivity (Wildman–Crippen MR) is 104 cm³/mol. The van der Waals surface area contributed by atoms with Gasteiger partial charge < -0.3 is 7.96 Å². The Labute approximate surface area is 178 Å². The molecule has 0 fully saturated rings. The molecule has 0 aliphatic carbocycles. The Morgan fingerprint density at radius 1 is 0.609 bits per heavy atom. The Bertz CT molecular complexity index is 242. The minimum Gasteiger partial charge on any atom is -1.00 e. The summed E-state index contributed by atoms with van der Waals surface area (Å²) in [5, 5.41) is 8.54. The molecule has 0 atom stereocenters. The normalized spacial score (nSPS) is 10.5. The molecule has 0 amide bonds. The van der Waals surface area contributed by atoms with E-state index in [4.69, 9.17) is 5.11 Å². The summed E-state index contributed by atoms with van der Waals surface area (Å²) in [6.45, 7) is 2.28. The molecular weight excluding hydrogens is 312 g/mol. The van der Waals surface area contributed by atoms with Crippen LogP contribution in [0.4, 0.5) is 0 Å². The first kappa shape index (κ1) is 26.0. The van der Waals surface area contributed by atoms with Crippen LogP contribution < -0.4 is 0 Å². The van der Waals surface area contributed by atoms with Crippen molar-refractivity contribution in [3.05, 3.63) is 0 Å². The van der Waals surface area contributed by atoms with Crippen molar-refractivity contribution in [2.24, 2.45) is 0 Å². The second-order valence-corrected chi connectivity index (χ2v) is 6.80. The van der Waals surface area contributed by atoms with E-state index in [1.165, 1.54) is 96.3 Å². The van der Waals surface area contributed by atoms with Gasteiger partial charge in [0.1, 0.15) is 0 Å². The quantitative estimate of drug-likeness (QED) is 0.213. The Hall–Kier alpha value is 0.730. The molecule has 1 N–H and O–H groups in total. The largest absolute Gasteiger partial charge is 2.00 e. The van der Waals surface area contributed by atoms with Gasteiger partial charge in [-0.25, -0.2) is 0 Å². The van der Waals surface area contributed by atoms with Gasteiger partial charge in [-0.15, -0.1) is 0 Å². The summed E-state index contributed by atoms with van der Waals surface area (Å²) in [4.78, 5) is 10.4. The number of rotatable bonds is 18. The van der Waals surface area contributed by atoms with Gasteiger partial charge in [-0.1, -0.05) is 110 Å². The first-order valence-corrected chi connectivity index (χ1v) is 9.99. The predicted octanol–water partition coefficient (Wildman–Crippen LogP) is 6.96. The molecule has 23 heavy (non-hydrogen) atoms. The van der Waals surface area contributed by atoms with Crippen LogP contribution in [0.2, 0.25) is 0 Å². The summed E-state index contributed by atoms with van der Waals surface area (Å²) in [5.74, 6) is -0.652. The van der Waals surface area contributed by atoms with E-state index < -0.39 is 5.97 Å². The van der Waals surface area contributed by atoms with E-state index in [1.807, 2.05) is 0 Å². The molecule has 0 heterocycles. The van der Waals surface area contributed by atoms with Gasteiger partial charge in [0.15, 0.2) is 0 Å². The molecule has 0 spiro atoms. The average molecular weight is 355 g/mol. The molecule has 0 aromatic heterocycles. The zero-order valence-electron chi connectivity index (χ0n) is 17.8. The minimum atomic E-state index is -0.652. The first-order valence-electron chi connectivity index (χ1n) is 9.99. The Morgan fingerprint density at radius 3 is 1.13 bits per heavy atom. The fourth-order valence-corrected chi connectivity index (χ4v) is 3.00. The molecule has 3 heteroatoms. The van der Waals surface area contributed by atoms with Crippen molar-refractivity contribution >= 4 is 43.7 Å². The second-order valence-electron chi connectivity index (χ2n) is 6.80. The zero-order valence-corrected chi connectivity index (χ0v) is 18.0. The van der Waals surface area contributed by atoms with Crippen molar-refractivity contribution in [1.82, 2.24) is 0 Å². The molecule has 0 saturated heterocycles. The number of unbranched alkanes of at least 4 members (excludes halogenated alkanes) is 16. The Balaban J connectivity index is -0.000000735. The third kappa shape index (κ3) is 25.1. The summed E-state index contributed by atoms with van der Waals surface area (Å²) in [6, 6.07) is 0. The third-order valence-corrected chi connectivity index (χ3v) is 4.49. The van der Waals surface area contributed by atoms with Crippen LogP contribution in [0.3, 0.4) is 0 Å². The molecule has 0 aliphatic heterocycles. The fraction of sp³-hybridized carbons (Fsp3) is 0.950. The molecule has 2 nitrogen and oxygen atoms in total. The molecule has 0 rings (SSSR count). The van der Waals surface area contributed by atoms with Crippen molar-refractivity contribution < 1.29 is 12.8 Å². The SMILES string of the molecule is CCCCCCCCCCCCCCCCCCCC(=O)O.[Ca+2].[H-].[H-]. The fourth-order valence-electron chi connectivity index (χ4n) is 3.00. The summed E-state index contributed by atoms with van der Waals surface area (Å²) in [6.07, 6.45) is 23.1. The topological polar surface area (TPSA) is 37.3 Å². The molecule has 0 aromatic rings. The van der Waals surface area contributed by atoms with Gasteiger partial charge in [0.25, 0.3) is 0 Å². The van der Waals surface area contributed by atoms with E-state index in [0.717, 1.165) is 12.8 Å². The monoisotopic (exact) mass is 354 g/mol. The van der Waals surface area contributed by atoms with Gasteiger partial charge >= 0.3 is 43.7 Å². The van der Waals surface area contributed by atoms with Crippen molar-refractivity contribution in [3.8, 4) is 0 Å². The molecule has 136 valence electrons. The summed E-state index contributed by atoms with van der Waals surface area (Å²) < 4.78 is 0. The van der Waals surface area contributed by atoms with E-state index in [-0.39, 0.29) is 40.6 Å². The van der Waals surface area contributed by atoms with Crippen LogP contribution in [0.1, 0.15) is 125 Å². The molecule has 0 bridgehead atoms. The average Bonchev–Trinajstić information content (AvgIpc) is 2.50. The summed E-state index contributed by atoms with van der Waals surface area (Å²) in [7, 11) is 0. The number of hydrogen-bond acceptors (Lipinski definition) is 1. The number of carboxylic acid groups (broad SMARTS) is 1. The second kappa shape index (κ2) is 22.7. The standard InChI is InChI=1S/C20H40O2.Ca.2H/c1-2-3-4-5-6-7-8-9-10-11-12-13-14-15-16-17-18-19-20(21)22;;;/h2-19H2,1H3,(H,21,22);;;/q;+2;2*-1. The van der Waals surface area contributed by atoms with Gasteiger partial charge in [0.05, 0.1) is 0 Å². The van der Waals surface area contributed by atoms with Crippen molar-refractivity contribution in [2.45, 2.75) is 122 Å². The number of aliphatic carboxylic acids is 1. The van der Waals surface area contributed by atoms with Gasteiger partial charge in [-0.3, -0.25) is 4.79 Å².